The van der Waals surface area contributed by atoms with Gasteiger partial charge in [0.1, 0.15) is 11.9 Å². The average molecular weight is 294 g/mol. The largest absolute Gasteiger partial charge is 0.481 e. The van der Waals surface area contributed by atoms with Gasteiger partial charge in [-0.2, -0.15) is 5.26 Å². The lowest BCUT2D eigenvalue weighted by atomic mass is 10.2. The Kier molecular flexibility index (Phi) is 3.86. The van der Waals surface area contributed by atoms with Crippen molar-refractivity contribution >= 4 is 17.7 Å². The maximum Gasteiger partial charge on any atom is 0.348 e. The van der Waals surface area contributed by atoms with E-state index >= 15 is 0 Å². The molecule has 2 rings (SSSR count). The summed E-state index contributed by atoms with van der Waals surface area (Å²) in [7, 11) is 0. The minimum absolute atomic E-state index is 0.118. The Morgan fingerprint density at radius 1 is 1.60 bits per heavy atom. The summed E-state index contributed by atoms with van der Waals surface area (Å²) < 4.78 is 14.3. The van der Waals surface area contributed by atoms with Crippen molar-refractivity contribution in [3.63, 3.8) is 0 Å². The molecule has 0 aliphatic carbocycles. The normalized spacial score (nSPS) is 10.2. The van der Waals surface area contributed by atoms with Gasteiger partial charge in [0.2, 0.25) is 0 Å². The molecule has 20 heavy (non-hydrogen) atoms. The van der Waals surface area contributed by atoms with Crippen LogP contribution in [0.4, 0.5) is 4.39 Å². The molecule has 0 aliphatic heterocycles. The molecule has 0 saturated heterocycles. The summed E-state index contributed by atoms with van der Waals surface area (Å²) in [6, 6.07) is 5.21. The van der Waals surface area contributed by atoms with Crippen LogP contribution < -0.4 is 5.69 Å². The molecule has 0 aliphatic rings. The van der Waals surface area contributed by atoms with Crippen LogP contribution in [-0.4, -0.2) is 31.6 Å². The van der Waals surface area contributed by atoms with Crippen molar-refractivity contribution in [3.8, 4) is 11.8 Å². The Morgan fingerprint density at radius 2 is 2.35 bits per heavy atom. The number of aromatic nitrogens is 3. The fourth-order valence-corrected chi connectivity index (χ4v) is 2.15. The van der Waals surface area contributed by atoms with Gasteiger partial charge in [-0.3, -0.25) is 4.79 Å². The number of benzene rings is 1. The number of nitriles is 1. The second kappa shape index (κ2) is 5.58. The van der Waals surface area contributed by atoms with Gasteiger partial charge in [0.05, 0.1) is 17.0 Å². The number of hydrogen-bond acceptors (Lipinski definition) is 5. The molecule has 0 bridgehead atoms. The van der Waals surface area contributed by atoms with E-state index in [1.807, 2.05) is 0 Å². The van der Waals surface area contributed by atoms with E-state index in [1.165, 1.54) is 12.1 Å². The lowest BCUT2D eigenvalue weighted by Crippen LogP contribution is -2.16. The molecule has 2 aromatic rings. The summed E-state index contributed by atoms with van der Waals surface area (Å²) >= 11 is 0.833. The summed E-state index contributed by atoms with van der Waals surface area (Å²) in [5.74, 6) is -2.04. The molecule has 0 saturated carbocycles. The maximum atomic E-state index is 13.3. The lowest BCUT2D eigenvalue weighted by Gasteiger charge is -2.05. The van der Waals surface area contributed by atoms with Crippen molar-refractivity contribution in [2.24, 2.45) is 0 Å². The second-order valence-electron chi connectivity index (χ2n) is 3.61. The molecule has 1 aromatic heterocycles. The quantitative estimate of drug-likeness (QED) is 0.805. The van der Waals surface area contributed by atoms with Crippen LogP contribution >= 0.6 is 11.8 Å². The Hall–Kier alpha value is -2.60. The van der Waals surface area contributed by atoms with Crippen molar-refractivity contribution in [2.75, 3.05) is 5.75 Å². The third-order valence-electron chi connectivity index (χ3n) is 2.29. The second-order valence-corrected chi connectivity index (χ2v) is 4.55. The first kappa shape index (κ1) is 13.8. The highest BCUT2D eigenvalue weighted by Crippen LogP contribution is 2.19. The maximum absolute atomic E-state index is 13.3. The zero-order valence-electron chi connectivity index (χ0n) is 9.83. The molecular formula is C11H7FN4O3S. The van der Waals surface area contributed by atoms with Gasteiger partial charge in [-0.1, -0.05) is 11.8 Å². The van der Waals surface area contributed by atoms with Crippen LogP contribution in [0.1, 0.15) is 5.56 Å². The molecule has 102 valence electrons. The van der Waals surface area contributed by atoms with Crippen molar-refractivity contribution in [1.82, 2.24) is 14.8 Å². The predicted octanol–water partition coefficient (Wildman–Crippen LogP) is 0.748. The number of thioether (sulfide) groups is 1. The summed E-state index contributed by atoms with van der Waals surface area (Å²) in [5, 5.41) is 23.4. The number of rotatable bonds is 4. The highest BCUT2D eigenvalue weighted by molar-refractivity contribution is 7.99. The lowest BCUT2D eigenvalue weighted by molar-refractivity contribution is -0.133. The van der Waals surface area contributed by atoms with E-state index in [9.17, 15) is 14.0 Å². The highest BCUT2D eigenvalue weighted by atomic mass is 32.2. The SMILES string of the molecule is N#Cc1cc(-n2c(SCC(=O)O)n[nH]c2=O)ccc1F. The third kappa shape index (κ3) is 2.70. The van der Waals surface area contributed by atoms with Crippen molar-refractivity contribution in [2.45, 2.75) is 5.16 Å². The standard InChI is InChI=1S/C11H7FN4O3S/c12-8-2-1-7(3-6(8)4-13)16-10(19)14-15-11(16)20-5-9(17)18/h1-3H,5H2,(H,14,19)(H,17,18). The van der Waals surface area contributed by atoms with Crippen LogP contribution in [0, 0.1) is 17.1 Å². The molecule has 9 heteroatoms. The highest BCUT2D eigenvalue weighted by Gasteiger charge is 2.14. The number of carbonyl (C=O) groups is 1. The number of nitrogens with one attached hydrogen (secondary N) is 1. The van der Waals surface area contributed by atoms with E-state index in [4.69, 9.17) is 10.4 Å². The van der Waals surface area contributed by atoms with Crippen LogP contribution in [-0.2, 0) is 4.79 Å². The van der Waals surface area contributed by atoms with Crippen LogP contribution in [0.3, 0.4) is 0 Å². The number of nitrogens with zero attached hydrogens (tertiary/aromatic N) is 3. The van der Waals surface area contributed by atoms with Crippen LogP contribution in [0.15, 0.2) is 28.2 Å². The van der Waals surface area contributed by atoms with Gasteiger partial charge in [-0.05, 0) is 18.2 Å². The van der Waals surface area contributed by atoms with Gasteiger partial charge in [0.25, 0.3) is 0 Å². The summed E-state index contributed by atoms with van der Waals surface area (Å²) in [6.07, 6.45) is 0. The molecule has 0 fully saturated rings. The van der Waals surface area contributed by atoms with Crippen molar-refractivity contribution < 1.29 is 14.3 Å². The molecule has 0 unspecified atom stereocenters. The van der Waals surface area contributed by atoms with E-state index in [-0.39, 0.29) is 22.2 Å². The van der Waals surface area contributed by atoms with Crippen LogP contribution in [0.2, 0.25) is 0 Å². The smallest absolute Gasteiger partial charge is 0.348 e. The zero-order valence-corrected chi connectivity index (χ0v) is 10.6. The number of halogens is 1. The average Bonchev–Trinajstić information content (AvgIpc) is 2.78. The summed E-state index contributed by atoms with van der Waals surface area (Å²) in [6.45, 7) is 0. The fourth-order valence-electron chi connectivity index (χ4n) is 1.47. The van der Waals surface area contributed by atoms with Gasteiger partial charge in [0.15, 0.2) is 5.16 Å². The van der Waals surface area contributed by atoms with Gasteiger partial charge in [-0.25, -0.2) is 18.9 Å². The Morgan fingerprint density at radius 3 is 3.00 bits per heavy atom. The molecular weight excluding hydrogens is 287 g/mol. The third-order valence-corrected chi connectivity index (χ3v) is 3.22. The van der Waals surface area contributed by atoms with E-state index in [2.05, 4.69) is 10.2 Å². The van der Waals surface area contributed by atoms with Gasteiger partial charge < -0.3 is 5.11 Å². The first-order chi connectivity index (χ1) is 9.52. The molecule has 0 spiro atoms. The van der Waals surface area contributed by atoms with E-state index in [0.717, 1.165) is 22.4 Å². The Balaban J connectivity index is 2.47. The number of H-pyrrole nitrogens is 1. The summed E-state index contributed by atoms with van der Waals surface area (Å²) in [4.78, 5) is 22.2. The predicted molar refractivity (Wildman–Crippen MR) is 67.2 cm³/mol. The van der Waals surface area contributed by atoms with Gasteiger partial charge in [0, 0.05) is 0 Å². The minimum Gasteiger partial charge on any atom is -0.481 e. The topological polar surface area (TPSA) is 112 Å². The number of hydrogen-bond donors (Lipinski definition) is 2. The first-order valence-electron chi connectivity index (χ1n) is 5.25. The van der Waals surface area contributed by atoms with Gasteiger partial charge in [-0.15, -0.1) is 5.10 Å². The van der Waals surface area contributed by atoms with Crippen LogP contribution in [0.5, 0.6) is 0 Å². The first-order valence-corrected chi connectivity index (χ1v) is 6.23. The number of aromatic amines is 1. The number of carboxylic acids is 1. The Bertz CT molecular complexity index is 762. The van der Waals surface area contributed by atoms with E-state index < -0.39 is 17.5 Å². The molecule has 1 aromatic carbocycles. The van der Waals surface area contributed by atoms with Crippen LogP contribution in [0.25, 0.3) is 5.69 Å². The molecule has 1 heterocycles. The molecule has 7 nitrogen and oxygen atoms in total. The van der Waals surface area contributed by atoms with Crippen molar-refractivity contribution in [1.29, 1.82) is 5.26 Å². The molecule has 2 N–H and O–H groups in total. The number of aliphatic carboxylic acids is 1. The summed E-state index contributed by atoms with van der Waals surface area (Å²) in [5.41, 5.74) is -0.590. The number of carboxylic acid groups (broad SMARTS) is 1. The minimum atomic E-state index is -1.06. The monoisotopic (exact) mass is 294 g/mol. The fraction of sp³-hybridized carbons (Fsp3) is 0.0909. The Labute approximate surface area is 115 Å². The molecule has 0 atom stereocenters. The van der Waals surface area contributed by atoms with E-state index in [1.54, 1.807) is 6.07 Å². The van der Waals surface area contributed by atoms with Gasteiger partial charge >= 0.3 is 11.7 Å². The molecule has 0 radical (unpaired) electrons. The van der Waals surface area contributed by atoms with E-state index in [0.29, 0.717) is 0 Å². The molecule has 0 amide bonds. The zero-order chi connectivity index (χ0) is 14.7. The van der Waals surface area contributed by atoms with Crippen molar-refractivity contribution in [3.05, 3.63) is 40.1 Å².